The fourth-order valence-electron chi connectivity index (χ4n) is 1.76. The molecular weight excluding hydrogens is 236 g/mol. The Kier molecular flexibility index (Phi) is 3.24. The maximum atomic E-state index is 5.76. The van der Waals surface area contributed by atoms with Gasteiger partial charge in [0.25, 0.3) is 5.97 Å². The summed E-state index contributed by atoms with van der Waals surface area (Å²) in [6.45, 7) is 1.44. The average Bonchev–Trinajstić information content (AvgIpc) is 2.51. The van der Waals surface area contributed by atoms with Gasteiger partial charge in [0, 0.05) is 11.8 Å². The summed E-state index contributed by atoms with van der Waals surface area (Å²) in [5.41, 5.74) is 0. The number of hydrogen-bond donors (Lipinski definition) is 0. The average molecular weight is 251 g/mol. The van der Waals surface area contributed by atoms with Crippen molar-refractivity contribution in [2.45, 2.75) is 37.8 Å². The van der Waals surface area contributed by atoms with Gasteiger partial charge in [-0.1, -0.05) is 15.9 Å². The number of ether oxygens (including phenoxy) is 3. The minimum atomic E-state index is -0.676. The van der Waals surface area contributed by atoms with E-state index in [1.165, 1.54) is 0 Å². The van der Waals surface area contributed by atoms with E-state index in [-0.39, 0.29) is 6.10 Å². The first-order chi connectivity index (χ1) is 6.35. The van der Waals surface area contributed by atoms with Crippen LogP contribution in [0.2, 0.25) is 0 Å². The highest BCUT2D eigenvalue weighted by molar-refractivity contribution is 9.09. The highest BCUT2D eigenvalue weighted by Crippen LogP contribution is 2.34. The molecule has 0 aromatic rings. The molecule has 0 saturated carbocycles. The summed E-state index contributed by atoms with van der Waals surface area (Å²) in [6, 6.07) is 0. The van der Waals surface area contributed by atoms with Gasteiger partial charge in [0.15, 0.2) is 0 Å². The molecule has 2 aliphatic rings. The van der Waals surface area contributed by atoms with E-state index in [1.54, 1.807) is 0 Å². The molecule has 2 heterocycles. The van der Waals surface area contributed by atoms with Crippen LogP contribution in [0, 0.1) is 0 Å². The van der Waals surface area contributed by atoms with Crippen LogP contribution in [-0.2, 0) is 14.2 Å². The van der Waals surface area contributed by atoms with E-state index in [4.69, 9.17) is 14.2 Å². The quantitative estimate of drug-likeness (QED) is 0.703. The smallest absolute Gasteiger partial charge is 0.283 e. The number of hydrogen-bond acceptors (Lipinski definition) is 3. The van der Waals surface area contributed by atoms with Crippen molar-refractivity contribution in [2.24, 2.45) is 0 Å². The molecule has 2 fully saturated rings. The number of rotatable bonds is 2. The van der Waals surface area contributed by atoms with Gasteiger partial charge >= 0.3 is 0 Å². The minimum Gasteiger partial charge on any atom is -0.327 e. The lowest BCUT2D eigenvalue weighted by atomic mass is 10.2. The lowest BCUT2D eigenvalue weighted by molar-refractivity contribution is -0.351. The first kappa shape index (κ1) is 9.90. The van der Waals surface area contributed by atoms with E-state index in [2.05, 4.69) is 15.9 Å². The number of halogens is 1. The van der Waals surface area contributed by atoms with Crippen molar-refractivity contribution < 1.29 is 14.2 Å². The molecule has 2 unspecified atom stereocenters. The van der Waals surface area contributed by atoms with Crippen molar-refractivity contribution in [1.82, 2.24) is 0 Å². The van der Waals surface area contributed by atoms with Crippen LogP contribution in [0.15, 0.2) is 0 Å². The van der Waals surface area contributed by atoms with Gasteiger partial charge < -0.3 is 14.2 Å². The van der Waals surface area contributed by atoms with Gasteiger partial charge in [-0.25, -0.2) is 0 Å². The van der Waals surface area contributed by atoms with E-state index < -0.39 is 5.97 Å². The lowest BCUT2D eigenvalue weighted by Crippen LogP contribution is -2.37. The number of alkyl halides is 1. The van der Waals surface area contributed by atoms with E-state index in [1.807, 2.05) is 0 Å². The molecule has 0 bridgehead atoms. The molecule has 0 N–H and O–H groups in total. The molecule has 0 aromatic heterocycles. The Morgan fingerprint density at radius 1 is 1.31 bits per heavy atom. The topological polar surface area (TPSA) is 27.7 Å². The molecule has 2 atom stereocenters. The van der Waals surface area contributed by atoms with Gasteiger partial charge in [-0.3, -0.25) is 0 Å². The molecule has 1 spiro atoms. The Balaban J connectivity index is 1.87. The molecule has 13 heavy (non-hydrogen) atoms. The second-order valence-electron chi connectivity index (χ2n) is 3.52. The third-order valence-electron chi connectivity index (χ3n) is 2.47. The largest absolute Gasteiger partial charge is 0.327 e. The Bertz CT molecular complexity index is 168. The van der Waals surface area contributed by atoms with Crippen molar-refractivity contribution in [3.63, 3.8) is 0 Å². The first-order valence-electron chi connectivity index (χ1n) is 4.86. The molecule has 4 heteroatoms. The van der Waals surface area contributed by atoms with Crippen molar-refractivity contribution in [3.05, 3.63) is 0 Å². The SMILES string of the molecule is BrCCC1COC2(CCCCO2)O1. The van der Waals surface area contributed by atoms with Crippen LogP contribution in [0.4, 0.5) is 0 Å². The second kappa shape index (κ2) is 4.26. The van der Waals surface area contributed by atoms with Gasteiger partial charge in [-0.05, 0) is 19.3 Å². The van der Waals surface area contributed by atoms with Crippen LogP contribution in [0.3, 0.4) is 0 Å². The highest BCUT2D eigenvalue weighted by atomic mass is 79.9. The summed E-state index contributed by atoms with van der Waals surface area (Å²) in [4.78, 5) is 0. The van der Waals surface area contributed by atoms with Crippen LogP contribution >= 0.6 is 15.9 Å². The molecule has 2 saturated heterocycles. The van der Waals surface area contributed by atoms with Crippen LogP contribution < -0.4 is 0 Å². The summed E-state index contributed by atoms with van der Waals surface area (Å²) in [6.07, 6.45) is 4.34. The molecule has 0 amide bonds. The molecule has 76 valence electrons. The molecular formula is C9H15BrO3. The molecule has 3 nitrogen and oxygen atoms in total. The van der Waals surface area contributed by atoms with Crippen LogP contribution in [0.25, 0.3) is 0 Å². The molecule has 0 aliphatic carbocycles. The van der Waals surface area contributed by atoms with Crippen LogP contribution in [-0.4, -0.2) is 30.6 Å². The lowest BCUT2D eigenvalue weighted by Gasteiger charge is -2.31. The summed E-state index contributed by atoms with van der Waals surface area (Å²) in [5.74, 6) is -0.676. The normalized spacial score (nSPS) is 39.9. The van der Waals surface area contributed by atoms with E-state index in [0.29, 0.717) is 6.61 Å². The second-order valence-corrected chi connectivity index (χ2v) is 4.31. The summed E-state index contributed by atoms with van der Waals surface area (Å²) < 4.78 is 16.9. The van der Waals surface area contributed by atoms with E-state index in [9.17, 15) is 0 Å². The Morgan fingerprint density at radius 2 is 2.23 bits per heavy atom. The van der Waals surface area contributed by atoms with Crippen LogP contribution in [0.1, 0.15) is 25.7 Å². The predicted octanol–water partition coefficient (Wildman–Crippen LogP) is 2.04. The van der Waals surface area contributed by atoms with Gasteiger partial charge in [0.2, 0.25) is 0 Å². The van der Waals surface area contributed by atoms with E-state index >= 15 is 0 Å². The maximum Gasteiger partial charge on any atom is 0.283 e. The molecule has 0 aromatic carbocycles. The van der Waals surface area contributed by atoms with Crippen LogP contribution in [0.5, 0.6) is 0 Å². The molecule has 0 radical (unpaired) electrons. The third kappa shape index (κ3) is 2.24. The van der Waals surface area contributed by atoms with Gasteiger partial charge in [-0.2, -0.15) is 0 Å². The summed E-state index contributed by atoms with van der Waals surface area (Å²) in [7, 11) is 0. The minimum absolute atomic E-state index is 0.206. The molecule has 2 aliphatic heterocycles. The third-order valence-corrected chi connectivity index (χ3v) is 2.92. The Hall–Kier alpha value is 0.360. The van der Waals surface area contributed by atoms with Gasteiger partial charge in [-0.15, -0.1) is 0 Å². The first-order valence-corrected chi connectivity index (χ1v) is 5.98. The maximum absolute atomic E-state index is 5.76. The zero-order valence-corrected chi connectivity index (χ0v) is 9.22. The monoisotopic (exact) mass is 250 g/mol. The Labute approximate surface area is 86.9 Å². The van der Waals surface area contributed by atoms with Crippen molar-refractivity contribution in [2.75, 3.05) is 18.5 Å². The Morgan fingerprint density at radius 3 is 2.92 bits per heavy atom. The molecule has 2 rings (SSSR count). The van der Waals surface area contributed by atoms with Crippen molar-refractivity contribution in [1.29, 1.82) is 0 Å². The zero-order chi connectivity index (χ0) is 9.15. The highest BCUT2D eigenvalue weighted by Gasteiger charge is 2.43. The summed E-state index contributed by atoms with van der Waals surface area (Å²) in [5, 5.41) is 0.955. The summed E-state index contributed by atoms with van der Waals surface area (Å²) >= 11 is 3.40. The fourth-order valence-corrected chi connectivity index (χ4v) is 2.27. The van der Waals surface area contributed by atoms with Crippen molar-refractivity contribution >= 4 is 15.9 Å². The zero-order valence-electron chi connectivity index (χ0n) is 7.63. The van der Waals surface area contributed by atoms with Gasteiger partial charge in [0.05, 0.1) is 19.3 Å². The predicted molar refractivity (Wildman–Crippen MR) is 51.8 cm³/mol. The van der Waals surface area contributed by atoms with Gasteiger partial charge in [0.1, 0.15) is 0 Å². The standard InChI is InChI=1S/C9H15BrO3/c10-5-3-8-7-12-9(13-8)4-1-2-6-11-9/h8H,1-7H2. The fraction of sp³-hybridized carbons (Fsp3) is 1.00. The van der Waals surface area contributed by atoms with E-state index in [0.717, 1.165) is 37.6 Å². The van der Waals surface area contributed by atoms with Crippen molar-refractivity contribution in [3.8, 4) is 0 Å².